The van der Waals surface area contributed by atoms with Crippen LogP contribution in [-0.2, 0) is 5.54 Å². The molecule has 5 rings (SSSR count). The molecule has 3 aromatic rings. The third kappa shape index (κ3) is 6.27. The minimum Gasteiger partial charge on any atom is -0.456 e. The smallest absolute Gasteiger partial charge is 0.255 e. The SMILES string of the molecule is CCN(CC)c1ccc2c(c1)Oc1cc(N(CC)CC)ccc1C21c2ccccc2C(=O)N1CCNCCNCCNCCN. The highest BCUT2D eigenvalue weighted by Gasteiger charge is 2.56. The molecule has 0 radical (unpaired) electrons. The maximum absolute atomic E-state index is 14.3. The van der Waals surface area contributed by atoms with Crippen molar-refractivity contribution in [3.05, 3.63) is 82.9 Å². The van der Waals surface area contributed by atoms with Gasteiger partial charge in [0, 0.05) is 119 Å². The lowest BCUT2D eigenvalue weighted by Crippen LogP contribution is -2.50. The minimum absolute atomic E-state index is 0.0518. The van der Waals surface area contributed by atoms with Crippen LogP contribution < -0.4 is 36.2 Å². The normalized spacial score (nSPS) is 14.2. The van der Waals surface area contributed by atoms with E-state index in [1.54, 1.807) is 0 Å². The number of anilines is 2. The number of benzene rings is 3. The molecule has 2 heterocycles. The summed E-state index contributed by atoms with van der Waals surface area (Å²) < 4.78 is 6.80. The lowest BCUT2D eigenvalue weighted by atomic mass is 9.74. The van der Waals surface area contributed by atoms with E-state index in [0.29, 0.717) is 19.6 Å². The average molecular weight is 614 g/mol. The summed E-state index contributed by atoms with van der Waals surface area (Å²) in [6.07, 6.45) is 0. The van der Waals surface area contributed by atoms with Crippen LogP contribution in [0.4, 0.5) is 11.4 Å². The van der Waals surface area contributed by atoms with Gasteiger partial charge in [-0.05, 0) is 51.5 Å². The Morgan fingerprint density at radius 3 is 1.73 bits per heavy atom. The van der Waals surface area contributed by atoms with Crippen molar-refractivity contribution in [3.8, 4) is 11.5 Å². The van der Waals surface area contributed by atoms with Crippen molar-refractivity contribution in [2.24, 2.45) is 5.73 Å². The largest absolute Gasteiger partial charge is 0.456 e. The van der Waals surface area contributed by atoms with Crippen LogP contribution in [0, 0.1) is 0 Å². The number of carbonyl (C=O) groups is 1. The fraction of sp³-hybridized carbons (Fsp3) is 0.472. The molecular weight excluding hydrogens is 562 g/mol. The Morgan fingerprint density at radius 2 is 1.20 bits per heavy atom. The minimum atomic E-state index is -0.797. The second-order valence-electron chi connectivity index (χ2n) is 11.6. The number of hydrogen-bond donors (Lipinski definition) is 4. The highest BCUT2D eigenvalue weighted by atomic mass is 16.5. The molecule has 9 heteroatoms. The number of hydrogen-bond acceptors (Lipinski definition) is 8. The van der Waals surface area contributed by atoms with E-state index in [2.05, 4.69) is 101 Å². The topological polar surface area (TPSA) is 98.1 Å². The van der Waals surface area contributed by atoms with Crippen LogP contribution in [0.5, 0.6) is 11.5 Å². The number of nitrogens with zero attached hydrogens (tertiary/aromatic N) is 3. The van der Waals surface area contributed by atoms with Gasteiger partial charge in [0.25, 0.3) is 5.91 Å². The van der Waals surface area contributed by atoms with Crippen LogP contribution in [0.3, 0.4) is 0 Å². The summed E-state index contributed by atoms with van der Waals surface area (Å²) in [6.45, 7) is 18.5. The second-order valence-corrected chi connectivity index (χ2v) is 11.6. The highest BCUT2D eigenvalue weighted by Crippen LogP contribution is 2.58. The van der Waals surface area contributed by atoms with E-state index in [1.165, 1.54) is 0 Å². The van der Waals surface area contributed by atoms with Crippen LogP contribution >= 0.6 is 0 Å². The first-order valence-corrected chi connectivity index (χ1v) is 16.7. The van der Waals surface area contributed by atoms with Crippen LogP contribution in [0.2, 0.25) is 0 Å². The molecule has 0 aliphatic carbocycles. The molecule has 0 unspecified atom stereocenters. The molecule has 9 nitrogen and oxygen atoms in total. The summed E-state index contributed by atoms with van der Waals surface area (Å²) in [5, 5.41) is 10.3. The fourth-order valence-electron chi connectivity index (χ4n) is 6.92. The monoisotopic (exact) mass is 613 g/mol. The van der Waals surface area contributed by atoms with Crippen molar-refractivity contribution >= 4 is 17.3 Å². The van der Waals surface area contributed by atoms with Crippen molar-refractivity contribution in [1.82, 2.24) is 20.9 Å². The van der Waals surface area contributed by atoms with Gasteiger partial charge < -0.3 is 41.1 Å². The molecule has 5 N–H and O–H groups in total. The number of nitrogens with one attached hydrogen (secondary N) is 3. The summed E-state index contributed by atoms with van der Waals surface area (Å²) >= 11 is 0. The number of ether oxygens (including phenoxy) is 1. The maximum Gasteiger partial charge on any atom is 0.255 e. The first kappa shape index (κ1) is 32.8. The van der Waals surface area contributed by atoms with Gasteiger partial charge in [0.05, 0.1) is 0 Å². The highest BCUT2D eigenvalue weighted by molar-refractivity contribution is 6.02. The first-order valence-electron chi connectivity index (χ1n) is 16.7. The lowest BCUT2D eigenvalue weighted by Gasteiger charge is -2.45. The summed E-state index contributed by atoms with van der Waals surface area (Å²) in [7, 11) is 0. The third-order valence-electron chi connectivity index (χ3n) is 9.17. The Bertz CT molecular complexity index is 1380. The van der Waals surface area contributed by atoms with E-state index in [-0.39, 0.29) is 5.91 Å². The Hall–Kier alpha value is -3.63. The van der Waals surface area contributed by atoms with Gasteiger partial charge in [-0.15, -0.1) is 0 Å². The van der Waals surface area contributed by atoms with Crippen LogP contribution in [-0.4, -0.2) is 89.3 Å². The van der Waals surface area contributed by atoms with Gasteiger partial charge in [-0.2, -0.15) is 0 Å². The predicted octanol–water partition coefficient (Wildman–Crippen LogP) is 3.96. The van der Waals surface area contributed by atoms with Crippen molar-refractivity contribution in [2.75, 3.05) is 88.3 Å². The molecule has 1 amide bonds. The fourth-order valence-corrected chi connectivity index (χ4v) is 6.92. The summed E-state index contributed by atoms with van der Waals surface area (Å²) in [4.78, 5) is 21.1. The Kier molecular flexibility index (Phi) is 11.0. The molecule has 0 fully saturated rings. The van der Waals surface area contributed by atoms with Crippen LogP contribution in [0.1, 0.15) is 54.7 Å². The Morgan fingerprint density at radius 1 is 0.689 bits per heavy atom. The zero-order chi connectivity index (χ0) is 31.8. The lowest BCUT2D eigenvalue weighted by molar-refractivity contribution is 0.0668. The molecular formula is C36H51N7O2. The second kappa shape index (κ2) is 15.1. The maximum atomic E-state index is 14.3. The molecule has 0 bridgehead atoms. The Labute approximate surface area is 269 Å². The van der Waals surface area contributed by atoms with Crippen molar-refractivity contribution < 1.29 is 9.53 Å². The first-order chi connectivity index (χ1) is 22.0. The van der Waals surface area contributed by atoms with Crippen molar-refractivity contribution in [1.29, 1.82) is 0 Å². The van der Waals surface area contributed by atoms with Gasteiger partial charge >= 0.3 is 0 Å². The van der Waals surface area contributed by atoms with E-state index in [9.17, 15) is 4.79 Å². The van der Waals surface area contributed by atoms with E-state index < -0.39 is 5.54 Å². The molecule has 2 aliphatic rings. The molecule has 1 spiro atoms. The molecule has 0 saturated carbocycles. The molecule has 0 aromatic heterocycles. The number of carbonyl (C=O) groups excluding carboxylic acids is 1. The van der Waals surface area contributed by atoms with Crippen LogP contribution in [0.15, 0.2) is 60.7 Å². The van der Waals surface area contributed by atoms with Crippen LogP contribution in [0.25, 0.3) is 0 Å². The summed E-state index contributed by atoms with van der Waals surface area (Å²) in [5.74, 6) is 1.66. The molecule has 0 atom stereocenters. The van der Waals surface area contributed by atoms with E-state index in [4.69, 9.17) is 10.5 Å². The zero-order valence-corrected chi connectivity index (χ0v) is 27.5. The van der Waals surface area contributed by atoms with Crippen molar-refractivity contribution in [3.63, 3.8) is 0 Å². The van der Waals surface area contributed by atoms with Gasteiger partial charge in [-0.1, -0.05) is 30.3 Å². The molecule has 242 valence electrons. The van der Waals surface area contributed by atoms with Crippen molar-refractivity contribution in [2.45, 2.75) is 33.2 Å². The van der Waals surface area contributed by atoms with E-state index in [1.807, 2.05) is 18.2 Å². The van der Waals surface area contributed by atoms with Gasteiger partial charge in [-0.3, -0.25) is 4.79 Å². The number of rotatable bonds is 17. The van der Waals surface area contributed by atoms with Gasteiger partial charge in [0.2, 0.25) is 0 Å². The Balaban J connectivity index is 1.53. The number of amides is 1. The number of nitrogens with two attached hydrogens (primary N) is 1. The summed E-state index contributed by atoms with van der Waals surface area (Å²) in [5.41, 5.74) is 10.8. The molecule has 3 aromatic carbocycles. The standard InChI is InChI=1S/C36H51N7O2/c1-5-41(6-2)27-13-15-31-33(25-27)45-34-26-28(42(7-3)8-4)14-16-32(34)36(31)30-12-10-9-11-29(30)35(44)43(36)24-23-40-22-21-39-20-19-38-18-17-37/h9-16,25-26,38-40H,5-8,17-24,37H2,1-4H3. The van der Waals surface area contributed by atoms with E-state index >= 15 is 0 Å². The zero-order valence-electron chi connectivity index (χ0n) is 27.5. The molecule has 2 aliphatic heterocycles. The molecule has 45 heavy (non-hydrogen) atoms. The van der Waals surface area contributed by atoms with Gasteiger partial charge in [-0.25, -0.2) is 0 Å². The van der Waals surface area contributed by atoms with E-state index in [0.717, 1.165) is 104 Å². The number of fused-ring (bicyclic) bond motifs is 6. The van der Waals surface area contributed by atoms with Gasteiger partial charge in [0.1, 0.15) is 17.0 Å². The van der Waals surface area contributed by atoms with Gasteiger partial charge in [0.15, 0.2) is 0 Å². The predicted molar refractivity (Wildman–Crippen MR) is 185 cm³/mol. The quantitative estimate of drug-likeness (QED) is 0.170. The summed E-state index contributed by atoms with van der Waals surface area (Å²) in [6, 6.07) is 21.2. The average Bonchev–Trinajstić information content (AvgIpc) is 3.31. The molecule has 0 saturated heterocycles. The third-order valence-corrected chi connectivity index (χ3v) is 9.17.